The molecule has 0 aliphatic heterocycles. The summed E-state index contributed by atoms with van der Waals surface area (Å²) in [6, 6.07) is 8.79. The first-order valence-corrected chi connectivity index (χ1v) is 10.1. The molecule has 0 radical (unpaired) electrons. The van der Waals surface area contributed by atoms with Gasteiger partial charge in [-0.05, 0) is 18.2 Å². The summed E-state index contributed by atoms with van der Waals surface area (Å²) in [5, 5.41) is 2.52. The molecule has 29 heavy (non-hydrogen) atoms. The third-order valence-corrected chi connectivity index (χ3v) is 5.43. The Kier molecular flexibility index (Phi) is 7.82. The van der Waals surface area contributed by atoms with Crippen LogP contribution in [0.5, 0.6) is 5.88 Å². The Morgan fingerprint density at radius 2 is 1.90 bits per heavy atom. The summed E-state index contributed by atoms with van der Waals surface area (Å²) in [7, 11) is -3.88. The highest BCUT2D eigenvalue weighted by molar-refractivity contribution is 7.89. The van der Waals surface area contributed by atoms with Crippen molar-refractivity contribution < 1.29 is 31.1 Å². The van der Waals surface area contributed by atoms with Gasteiger partial charge in [-0.3, -0.25) is 4.79 Å². The molecule has 158 valence electrons. The number of benzene rings is 1. The van der Waals surface area contributed by atoms with Gasteiger partial charge in [0.2, 0.25) is 21.8 Å². The number of carbonyl (C=O) groups is 1. The van der Waals surface area contributed by atoms with Crippen LogP contribution < -0.4 is 14.8 Å². The lowest BCUT2D eigenvalue weighted by molar-refractivity contribution is -0.154. The van der Waals surface area contributed by atoms with Gasteiger partial charge in [-0.2, -0.15) is 13.2 Å². The van der Waals surface area contributed by atoms with Crippen molar-refractivity contribution in [2.45, 2.75) is 24.0 Å². The van der Waals surface area contributed by atoms with Gasteiger partial charge in [0.05, 0.1) is 5.02 Å². The normalized spacial score (nSPS) is 11.9. The van der Waals surface area contributed by atoms with Crippen molar-refractivity contribution in [1.29, 1.82) is 0 Å². The standard InChI is InChI=1S/C17H17ClF3N3O4S/c18-13-5-1-2-6-14(13)29(26,27)24-9-7-15(25)23-10-12-4-3-8-22-16(12)28-11-17(19,20)21/h1-6,8,24H,7,9-11H2,(H,23,25). The van der Waals surface area contributed by atoms with E-state index in [-0.39, 0.29) is 40.9 Å². The van der Waals surface area contributed by atoms with Gasteiger partial charge in [0.15, 0.2) is 6.61 Å². The third-order valence-electron chi connectivity index (χ3n) is 3.47. The fourth-order valence-corrected chi connectivity index (χ4v) is 3.71. The highest BCUT2D eigenvalue weighted by Gasteiger charge is 2.29. The number of halogens is 4. The second-order valence-electron chi connectivity index (χ2n) is 5.73. The zero-order chi connectivity index (χ0) is 21.5. The van der Waals surface area contributed by atoms with E-state index in [1.165, 1.54) is 36.5 Å². The molecule has 2 N–H and O–H groups in total. The van der Waals surface area contributed by atoms with Crippen molar-refractivity contribution >= 4 is 27.5 Å². The Bertz CT molecular complexity index is 955. The molecule has 0 spiro atoms. The van der Waals surface area contributed by atoms with E-state index in [4.69, 9.17) is 11.6 Å². The van der Waals surface area contributed by atoms with E-state index in [0.717, 1.165) is 0 Å². The zero-order valence-corrected chi connectivity index (χ0v) is 16.4. The predicted molar refractivity (Wildman–Crippen MR) is 98.9 cm³/mol. The van der Waals surface area contributed by atoms with Crippen molar-refractivity contribution in [3.05, 3.63) is 53.2 Å². The first kappa shape index (κ1) is 22.9. The number of pyridine rings is 1. The number of hydrogen-bond acceptors (Lipinski definition) is 5. The minimum Gasteiger partial charge on any atom is -0.468 e. The van der Waals surface area contributed by atoms with Crippen LogP contribution in [0.3, 0.4) is 0 Å². The minimum absolute atomic E-state index is 0.0485. The average molecular weight is 452 g/mol. The smallest absolute Gasteiger partial charge is 0.422 e. The molecule has 0 bridgehead atoms. The lowest BCUT2D eigenvalue weighted by Crippen LogP contribution is -2.31. The number of sulfonamides is 1. The number of ether oxygens (including phenoxy) is 1. The summed E-state index contributed by atoms with van der Waals surface area (Å²) >= 11 is 5.85. The van der Waals surface area contributed by atoms with Crippen LogP contribution in [0.4, 0.5) is 13.2 Å². The molecule has 0 saturated carbocycles. The van der Waals surface area contributed by atoms with Gasteiger partial charge in [-0.15, -0.1) is 0 Å². The molecule has 12 heteroatoms. The maximum atomic E-state index is 12.3. The molecule has 2 aromatic rings. The fraction of sp³-hybridized carbons (Fsp3) is 0.294. The van der Waals surface area contributed by atoms with Crippen LogP contribution >= 0.6 is 11.6 Å². The molecule has 0 saturated heterocycles. The molecular formula is C17H17ClF3N3O4S. The maximum absolute atomic E-state index is 12.3. The summed E-state index contributed by atoms with van der Waals surface area (Å²) in [4.78, 5) is 15.5. The van der Waals surface area contributed by atoms with Crippen molar-refractivity contribution in [2.24, 2.45) is 0 Å². The second kappa shape index (κ2) is 9.90. The fourth-order valence-electron chi connectivity index (χ4n) is 2.16. The molecule has 0 atom stereocenters. The van der Waals surface area contributed by atoms with E-state index >= 15 is 0 Å². The second-order valence-corrected chi connectivity index (χ2v) is 7.87. The van der Waals surface area contributed by atoms with Gasteiger partial charge in [-0.1, -0.05) is 29.8 Å². The Morgan fingerprint density at radius 3 is 2.59 bits per heavy atom. The van der Waals surface area contributed by atoms with Gasteiger partial charge in [0.1, 0.15) is 4.90 Å². The number of nitrogens with one attached hydrogen (secondary N) is 2. The molecule has 1 heterocycles. The SMILES string of the molecule is O=C(CCNS(=O)(=O)c1ccccc1Cl)NCc1cccnc1OCC(F)(F)F. The number of aromatic nitrogens is 1. The first-order valence-electron chi connectivity index (χ1n) is 8.23. The molecular weight excluding hydrogens is 435 g/mol. The molecule has 1 aromatic heterocycles. The van der Waals surface area contributed by atoms with Crippen LogP contribution in [-0.2, 0) is 21.4 Å². The summed E-state index contributed by atoms with van der Waals surface area (Å²) in [5.41, 5.74) is 0.252. The quantitative estimate of drug-likeness (QED) is 0.611. The Morgan fingerprint density at radius 1 is 1.17 bits per heavy atom. The van der Waals surface area contributed by atoms with Crippen LogP contribution in [0, 0.1) is 0 Å². The predicted octanol–water partition coefficient (Wildman–Crippen LogP) is 2.66. The minimum atomic E-state index is -4.52. The van der Waals surface area contributed by atoms with Crippen LogP contribution in [0.15, 0.2) is 47.5 Å². The lowest BCUT2D eigenvalue weighted by atomic mass is 10.2. The Hall–Kier alpha value is -2.37. The highest BCUT2D eigenvalue weighted by Crippen LogP contribution is 2.21. The lowest BCUT2D eigenvalue weighted by Gasteiger charge is -2.12. The third kappa shape index (κ3) is 7.52. The maximum Gasteiger partial charge on any atom is 0.422 e. The number of rotatable bonds is 9. The molecule has 0 aliphatic carbocycles. The number of alkyl halides is 3. The first-order chi connectivity index (χ1) is 13.6. The number of nitrogens with zero attached hydrogens (tertiary/aromatic N) is 1. The zero-order valence-electron chi connectivity index (χ0n) is 14.9. The van der Waals surface area contributed by atoms with Crippen molar-refractivity contribution in [3.8, 4) is 5.88 Å². The molecule has 0 unspecified atom stereocenters. The van der Waals surface area contributed by atoms with Crippen molar-refractivity contribution in [1.82, 2.24) is 15.0 Å². The summed E-state index contributed by atoms with van der Waals surface area (Å²) in [5.74, 6) is -0.762. The van der Waals surface area contributed by atoms with Crippen LogP contribution in [-0.4, -0.2) is 38.6 Å². The largest absolute Gasteiger partial charge is 0.468 e. The van der Waals surface area contributed by atoms with Crippen LogP contribution in [0.1, 0.15) is 12.0 Å². The van der Waals surface area contributed by atoms with E-state index < -0.39 is 28.7 Å². The number of amides is 1. The van der Waals surface area contributed by atoms with Crippen LogP contribution in [0.25, 0.3) is 0 Å². The Balaban J connectivity index is 1.84. The van der Waals surface area contributed by atoms with E-state index in [2.05, 4.69) is 19.8 Å². The molecule has 0 fully saturated rings. The van der Waals surface area contributed by atoms with E-state index in [9.17, 15) is 26.4 Å². The van der Waals surface area contributed by atoms with E-state index in [1.807, 2.05) is 0 Å². The summed E-state index contributed by atoms with van der Waals surface area (Å²) < 4.78 is 68.1. The monoisotopic (exact) mass is 451 g/mol. The van der Waals surface area contributed by atoms with Crippen LogP contribution in [0.2, 0.25) is 5.02 Å². The molecule has 1 aromatic carbocycles. The summed E-state index contributed by atoms with van der Waals surface area (Å²) in [6.45, 7) is -1.82. The van der Waals surface area contributed by atoms with Gasteiger partial charge in [0.25, 0.3) is 0 Å². The summed E-state index contributed by atoms with van der Waals surface area (Å²) in [6.07, 6.45) is -3.44. The highest BCUT2D eigenvalue weighted by atomic mass is 35.5. The van der Waals surface area contributed by atoms with E-state index in [1.54, 1.807) is 6.07 Å². The van der Waals surface area contributed by atoms with Gasteiger partial charge < -0.3 is 10.1 Å². The average Bonchev–Trinajstić information content (AvgIpc) is 2.65. The van der Waals surface area contributed by atoms with Crippen molar-refractivity contribution in [2.75, 3.05) is 13.2 Å². The molecule has 0 aliphatic rings. The molecule has 2 rings (SSSR count). The van der Waals surface area contributed by atoms with Gasteiger partial charge >= 0.3 is 6.18 Å². The van der Waals surface area contributed by atoms with E-state index in [0.29, 0.717) is 0 Å². The van der Waals surface area contributed by atoms with Crippen molar-refractivity contribution in [3.63, 3.8) is 0 Å². The number of hydrogen-bond donors (Lipinski definition) is 2. The topological polar surface area (TPSA) is 97.4 Å². The molecule has 1 amide bonds. The molecule has 7 nitrogen and oxygen atoms in total. The Labute approximate surface area is 170 Å². The van der Waals surface area contributed by atoms with Gasteiger partial charge in [-0.25, -0.2) is 18.1 Å². The number of carbonyl (C=O) groups excluding carboxylic acids is 1. The van der Waals surface area contributed by atoms with Gasteiger partial charge in [0, 0.05) is 31.3 Å².